The number of rotatable bonds is 5. The highest BCUT2D eigenvalue weighted by Gasteiger charge is 2.30. The minimum absolute atomic E-state index is 0.225. The Hall–Kier alpha value is -1.96. The van der Waals surface area contributed by atoms with Gasteiger partial charge in [0, 0.05) is 38.3 Å². The van der Waals surface area contributed by atoms with Crippen LogP contribution in [-0.4, -0.2) is 50.9 Å². The fourth-order valence-corrected chi connectivity index (χ4v) is 5.11. The van der Waals surface area contributed by atoms with E-state index in [1.807, 2.05) is 13.0 Å². The first kappa shape index (κ1) is 19.8. The summed E-state index contributed by atoms with van der Waals surface area (Å²) in [5.41, 5.74) is 2.10. The molecule has 2 aromatic carbocycles. The minimum atomic E-state index is -3.57. The topological polar surface area (TPSA) is 49.9 Å². The molecule has 146 valence electrons. The van der Waals surface area contributed by atoms with Gasteiger partial charge in [-0.05, 0) is 43.2 Å². The molecule has 1 saturated heterocycles. The number of methoxy groups -OCH3 is 1. The van der Waals surface area contributed by atoms with Crippen molar-refractivity contribution in [1.29, 1.82) is 0 Å². The van der Waals surface area contributed by atoms with Crippen LogP contribution in [0.2, 0.25) is 0 Å². The molecule has 7 heteroatoms. The monoisotopic (exact) mass is 392 g/mol. The molecule has 2 aromatic rings. The van der Waals surface area contributed by atoms with E-state index in [1.165, 1.54) is 10.4 Å². The van der Waals surface area contributed by atoms with Crippen LogP contribution in [0.15, 0.2) is 41.3 Å². The first-order valence-electron chi connectivity index (χ1n) is 8.94. The molecule has 0 amide bonds. The third kappa shape index (κ3) is 4.15. The highest BCUT2D eigenvalue weighted by Crippen LogP contribution is 2.28. The number of piperazine rings is 1. The Morgan fingerprint density at radius 3 is 2.33 bits per heavy atom. The molecule has 3 rings (SSSR count). The molecule has 1 aliphatic heterocycles. The third-order valence-corrected chi connectivity index (χ3v) is 7.03. The van der Waals surface area contributed by atoms with Crippen molar-refractivity contribution < 1.29 is 17.5 Å². The summed E-state index contributed by atoms with van der Waals surface area (Å²) in [7, 11) is -1.99. The van der Waals surface area contributed by atoms with E-state index in [9.17, 15) is 12.8 Å². The molecule has 0 unspecified atom stereocenters. The van der Waals surface area contributed by atoms with Gasteiger partial charge in [0.1, 0.15) is 11.6 Å². The van der Waals surface area contributed by atoms with Gasteiger partial charge in [-0.1, -0.05) is 18.2 Å². The van der Waals surface area contributed by atoms with Gasteiger partial charge in [0.15, 0.2) is 0 Å². The van der Waals surface area contributed by atoms with Gasteiger partial charge in [-0.3, -0.25) is 4.90 Å². The molecule has 27 heavy (non-hydrogen) atoms. The Bertz CT molecular complexity index is 923. The van der Waals surface area contributed by atoms with Crippen molar-refractivity contribution in [3.05, 3.63) is 58.9 Å². The number of hydrogen-bond acceptors (Lipinski definition) is 4. The van der Waals surface area contributed by atoms with E-state index in [1.54, 1.807) is 38.3 Å². The molecule has 0 N–H and O–H groups in total. The van der Waals surface area contributed by atoms with Crippen LogP contribution in [0.3, 0.4) is 0 Å². The summed E-state index contributed by atoms with van der Waals surface area (Å²) >= 11 is 0. The summed E-state index contributed by atoms with van der Waals surface area (Å²) in [6, 6.07) is 10.1. The third-order valence-electron chi connectivity index (χ3n) is 4.99. The van der Waals surface area contributed by atoms with E-state index >= 15 is 0 Å². The molecule has 5 nitrogen and oxygen atoms in total. The standard InChI is InChI=1S/C20H25FN2O3S/c1-15-13-20(16(2)12-19(15)26-3)27(24,25)23-10-8-22(9-11-23)14-17-6-4-5-7-18(17)21/h4-7,12-13H,8-11,14H2,1-3H3. The van der Waals surface area contributed by atoms with Crippen LogP contribution in [0.4, 0.5) is 4.39 Å². The second-order valence-electron chi connectivity index (χ2n) is 6.86. The summed E-state index contributed by atoms with van der Waals surface area (Å²) in [6.07, 6.45) is 0. The zero-order chi connectivity index (χ0) is 19.6. The van der Waals surface area contributed by atoms with Crippen LogP contribution >= 0.6 is 0 Å². The summed E-state index contributed by atoms with van der Waals surface area (Å²) in [4.78, 5) is 2.40. The summed E-state index contributed by atoms with van der Waals surface area (Å²) in [5, 5.41) is 0. The largest absolute Gasteiger partial charge is 0.496 e. The van der Waals surface area contributed by atoms with Gasteiger partial charge in [0.25, 0.3) is 0 Å². The maximum atomic E-state index is 13.8. The van der Waals surface area contributed by atoms with Crippen LogP contribution in [0.5, 0.6) is 5.75 Å². The fraction of sp³-hybridized carbons (Fsp3) is 0.400. The Kier molecular flexibility index (Phi) is 5.83. The normalized spacial score (nSPS) is 16.4. The Labute approximate surface area is 160 Å². The van der Waals surface area contributed by atoms with Crippen LogP contribution in [0.25, 0.3) is 0 Å². The summed E-state index contributed by atoms with van der Waals surface area (Å²) in [6.45, 7) is 6.03. The maximum absolute atomic E-state index is 13.8. The summed E-state index contributed by atoms with van der Waals surface area (Å²) < 4.78 is 46.8. The van der Waals surface area contributed by atoms with E-state index < -0.39 is 10.0 Å². The van der Waals surface area contributed by atoms with E-state index in [-0.39, 0.29) is 5.82 Å². The number of halogens is 1. The van der Waals surface area contributed by atoms with E-state index in [2.05, 4.69) is 4.90 Å². The lowest BCUT2D eigenvalue weighted by molar-refractivity contribution is 0.180. The van der Waals surface area contributed by atoms with Gasteiger partial charge < -0.3 is 4.74 Å². The van der Waals surface area contributed by atoms with Crippen LogP contribution in [0.1, 0.15) is 16.7 Å². The molecule has 0 aliphatic carbocycles. The van der Waals surface area contributed by atoms with Crippen molar-refractivity contribution in [2.24, 2.45) is 0 Å². The molecule has 0 radical (unpaired) electrons. The van der Waals surface area contributed by atoms with Crippen molar-refractivity contribution in [2.75, 3.05) is 33.3 Å². The lowest BCUT2D eigenvalue weighted by Gasteiger charge is -2.34. The van der Waals surface area contributed by atoms with Gasteiger partial charge in [0.2, 0.25) is 10.0 Å². The predicted molar refractivity (Wildman–Crippen MR) is 103 cm³/mol. The highest BCUT2D eigenvalue weighted by atomic mass is 32.2. The number of sulfonamides is 1. The minimum Gasteiger partial charge on any atom is -0.496 e. The summed E-state index contributed by atoms with van der Waals surface area (Å²) in [5.74, 6) is 0.457. The number of benzene rings is 2. The second-order valence-corrected chi connectivity index (χ2v) is 8.77. The average molecular weight is 392 g/mol. The first-order chi connectivity index (χ1) is 12.8. The van der Waals surface area contributed by atoms with E-state index in [4.69, 9.17) is 4.74 Å². The van der Waals surface area contributed by atoms with Gasteiger partial charge in [0.05, 0.1) is 12.0 Å². The fourth-order valence-electron chi connectivity index (χ4n) is 3.40. The van der Waals surface area contributed by atoms with Crippen LogP contribution in [0, 0.1) is 19.7 Å². The van der Waals surface area contributed by atoms with Crippen molar-refractivity contribution >= 4 is 10.0 Å². The Morgan fingerprint density at radius 2 is 1.70 bits per heavy atom. The zero-order valence-electron chi connectivity index (χ0n) is 15.9. The van der Waals surface area contributed by atoms with Crippen molar-refractivity contribution in [2.45, 2.75) is 25.3 Å². The van der Waals surface area contributed by atoms with Crippen molar-refractivity contribution in [1.82, 2.24) is 9.21 Å². The van der Waals surface area contributed by atoms with Crippen molar-refractivity contribution in [3.8, 4) is 5.75 Å². The number of nitrogens with zero attached hydrogens (tertiary/aromatic N) is 2. The molecule has 1 fully saturated rings. The zero-order valence-corrected chi connectivity index (χ0v) is 16.7. The molecular weight excluding hydrogens is 367 g/mol. The molecule has 0 aromatic heterocycles. The van der Waals surface area contributed by atoms with Gasteiger partial charge in [-0.15, -0.1) is 0 Å². The average Bonchev–Trinajstić information content (AvgIpc) is 2.65. The molecule has 0 spiro atoms. The SMILES string of the molecule is COc1cc(C)c(S(=O)(=O)N2CCN(Cc3ccccc3F)CC2)cc1C. The maximum Gasteiger partial charge on any atom is 0.243 e. The first-order valence-corrected chi connectivity index (χ1v) is 10.4. The quantitative estimate of drug-likeness (QED) is 0.785. The lowest BCUT2D eigenvalue weighted by atomic mass is 10.1. The Balaban J connectivity index is 1.72. The number of hydrogen-bond donors (Lipinski definition) is 0. The van der Waals surface area contributed by atoms with Crippen molar-refractivity contribution in [3.63, 3.8) is 0 Å². The number of aryl methyl sites for hydroxylation is 2. The highest BCUT2D eigenvalue weighted by molar-refractivity contribution is 7.89. The van der Waals surface area contributed by atoms with Crippen LogP contribution < -0.4 is 4.74 Å². The van der Waals surface area contributed by atoms with E-state index in [0.29, 0.717) is 54.5 Å². The molecule has 1 heterocycles. The van der Waals surface area contributed by atoms with Crippen LogP contribution in [-0.2, 0) is 16.6 Å². The molecule has 1 aliphatic rings. The smallest absolute Gasteiger partial charge is 0.243 e. The molecule has 0 saturated carbocycles. The van der Waals surface area contributed by atoms with Gasteiger partial charge in [-0.2, -0.15) is 4.31 Å². The lowest BCUT2D eigenvalue weighted by Crippen LogP contribution is -2.48. The predicted octanol–water partition coefficient (Wildman–Crippen LogP) is 2.96. The molecular formula is C20H25FN2O3S. The van der Waals surface area contributed by atoms with Gasteiger partial charge >= 0.3 is 0 Å². The molecule has 0 atom stereocenters. The van der Waals surface area contributed by atoms with Gasteiger partial charge in [-0.25, -0.2) is 12.8 Å². The Morgan fingerprint density at radius 1 is 1.04 bits per heavy atom. The number of ether oxygens (including phenoxy) is 1. The molecule has 0 bridgehead atoms. The van der Waals surface area contributed by atoms with E-state index in [0.717, 1.165) is 5.56 Å². The second kappa shape index (κ2) is 7.96.